The molecule has 0 spiro atoms. The van der Waals surface area contributed by atoms with Crippen molar-refractivity contribution in [2.24, 2.45) is 4.99 Å². The Hall–Kier alpha value is -2.67. The summed E-state index contributed by atoms with van der Waals surface area (Å²) in [6.07, 6.45) is 3.32. The van der Waals surface area contributed by atoms with Crippen molar-refractivity contribution in [3.05, 3.63) is 76.8 Å². The highest BCUT2D eigenvalue weighted by Crippen LogP contribution is 2.33. The first-order valence-corrected chi connectivity index (χ1v) is 7.31. The Labute approximate surface area is 122 Å². The summed E-state index contributed by atoms with van der Waals surface area (Å²) in [6, 6.07) is 21.5. The maximum absolute atomic E-state index is 4.87. The van der Waals surface area contributed by atoms with Gasteiger partial charge in [-0.3, -0.25) is 0 Å². The van der Waals surface area contributed by atoms with E-state index in [0.29, 0.717) is 0 Å². The fourth-order valence-electron chi connectivity index (χ4n) is 3.48. The summed E-state index contributed by atoms with van der Waals surface area (Å²) >= 11 is 0. The average molecular weight is 267 g/mol. The second kappa shape index (κ2) is 3.92. The summed E-state index contributed by atoms with van der Waals surface area (Å²) in [7, 11) is 0. The van der Waals surface area contributed by atoms with Crippen molar-refractivity contribution in [3.8, 4) is 22.3 Å². The van der Waals surface area contributed by atoms with E-state index in [1.54, 1.807) is 0 Å². The van der Waals surface area contributed by atoms with Crippen LogP contribution in [-0.4, -0.2) is 0 Å². The van der Waals surface area contributed by atoms with Gasteiger partial charge in [0.2, 0.25) is 0 Å². The SMILES string of the molecule is C1=c2c(ccc3c2=Nc2ccccc2-3)-c2ccccc2C1. The van der Waals surface area contributed by atoms with Crippen LogP contribution in [0.25, 0.3) is 28.3 Å². The lowest BCUT2D eigenvalue weighted by molar-refractivity contribution is 1.26. The molecule has 1 heteroatoms. The number of nitrogens with zero attached hydrogens (tertiary/aromatic N) is 1. The Morgan fingerprint density at radius 1 is 0.667 bits per heavy atom. The second-order valence-electron chi connectivity index (χ2n) is 5.62. The van der Waals surface area contributed by atoms with Crippen LogP contribution in [0.5, 0.6) is 0 Å². The number of rotatable bonds is 0. The van der Waals surface area contributed by atoms with Crippen LogP contribution in [0.15, 0.2) is 65.7 Å². The number of para-hydroxylation sites is 1. The van der Waals surface area contributed by atoms with E-state index in [1.807, 2.05) is 0 Å². The van der Waals surface area contributed by atoms with Crippen molar-refractivity contribution in [1.82, 2.24) is 0 Å². The molecular weight excluding hydrogens is 254 g/mol. The van der Waals surface area contributed by atoms with Crippen LogP contribution in [0, 0.1) is 0 Å². The van der Waals surface area contributed by atoms with Crippen LogP contribution in [0.3, 0.4) is 0 Å². The largest absolute Gasteiger partial charge is 0.247 e. The first-order valence-electron chi connectivity index (χ1n) is 7.31. The van der Waals surface area contributed by atoms with Crippen molar-refractivity contribution in [2.45, 2.75) is 6.42 Å². The van der Waals surface area contributed by atoms with E-state index < -0.39 is 0 Å². The van der Waals surface area contributed by atoms with Gasteiger partial charge in [-0.25, -0.2) is 4.99 Å². The van der Waals surface area contributed by atoms with E-state index in [4.69, 9.17) is 4.99 Å². The Morgan fingerprint density at radius 2 is 1.43 bits per heavy atom. The second-order valence-corrected chi connectivity index (χ2v) is 5.62. The molecule has 5 rings (SSSR count). The Morgan fingerprint density at radius 3 is 2.38 bits per heavy atom. The van der Waals surface area contributed by atoms with Gasteiger partial charge in [0, 0.05) is 16.3 Å². The van der Waals surface area contributed by atoms with E-state index >= 15 is 0 Å². The molecule has 2 aliphatic rings. The summed E-state index contributed by atoms with van der Waals surface area (Å²) in [4.78, 5) is 4.87. The number of hydrogen-bond donors (Lipinski definition) is 0. The molecule has 1 aliphatic carbocycles. The lowest BCUT2D eigenvalue weighted by Crippen LogP contribution is -2.29. The maximum atomic E-state index is 4.87. The summed E-state index contributed by atoms with van der Waals surface area (Å²) in [5.41, 5.74) is 7.67. The molecule has 1 aliphatic heterocycles. The Balaban J connectivity index is 1.89. The third kappa shape index (κ3) is 1.43. The molecule has 0 N–H and O–H groups in total. The molecule has 3 aromatic carbocycles. The monoisotopic (exact) mass is 267 g/mol. The van der Waals surface area contributed by atoms with Crippen molar-refractivity contribution in [3.63, 3.8) is 0 Å². The van der Waals surface area contributed by atoms with Gasteiger partial charge in [0.25, 0.3) is 0 Å². The van der Waals surface area contributed by atoms with Crippen molar-refractivity contribution >= 4 is 11.8 Å². The highest BCUT2D eigenvalue weighted by atomic mass is 14.8. The van der Waals surface area contributed by atoms with Crippen LogP contribution in [0.1, 0.15) is 5.56 Å². The molecule has 0 fully saturated rings. The van der Waals surface area contributed by atoms with Crippen molar-refractivity contribution in [2.75, 3.05) is 0 Å². The van der Waals surface area contributed by atoms with Gasteiger partial charge in [0.1, 0.15) is 0 Å². The smallest absolute Gasteiger partial charge is 0.0791 e. The number of hydrogen-bond acceptors (Lipinski definition) is 1. The molecule has 0 saturated carbocycles. The van der Waals surface area contributed by atoms with E-state index in [2.05, 4.69) is 66.7 Å². The zero-order valence-corrected chi connectivity index (χ0v) is 11.5. The standard InChI is InChI=1S/C20H13N/c1-2-6-14-13(5-1)9-10-17-15(14)11-12-18-16-7-3-4-8-19(16)21-20(17)18/h1-8,10-12H,9H2. The fraction of sp³-hybridized carbons (Fsp3) is 0.0500. The van der Waals surface area contributed by atoms with Gasteiger partial charge in [-0.2, -0.15) is 0 Å². The first-order chi connectivity index (χ1) is 10.4. The van der Waals surface area contributed by atoms with Gasteiger partial charge in [-0.1, -0.05) is 60.7 Å². The van der Waals surface area contributed by atoms with Crippen LogP contribution in [0.4, 0.5) is 5.69 Å². The fourth-order valence-corrected chi connectivity index (χ4v) is 3.48. The molecule has 1 heterocycles. The lowest BCUT2D eigenvalue weighted by Gasteiger charge is -2.14. The van der Waals surface area contributed by atoms with Gasteiger partial charge in [-0.15, -0.1) is 0 Å². The van der Waals surface area contributed by atoms with Crippen molar-refractivity contribution in [1.29, 1.82) is 0 Å². The van der Waals surface area contributed by atoms with Gasteiger partial charge in [0.05, 0.1) is 11.0 Å². The molecule has 0 unspecified atom stereocenters. The summed E-state index contributed by atoms with van der Waals surface area (Å²) in [5.74, 6) is 0. The van der Waals surface area contributed by atoms with E-state index in [-0.39, 0.29) is 0 Å². The molecule has 0 bridgehead atoms. The average Bonchev–Trinajstić information content (AvgIpc) is 2.93. The van der Waals surface area contributed by atoms with Gasteiger partial charge >= 0.3 is 0 Å². The zero-order valence-electron chi connectivity index (χ0n) is 11.5. The number of benzene rings is 3. The third-order valence-corrected chi connectivity index (χ3v) is 4.48. The molecule has 3 aromatic rings. The molecule has 0 atom stereocenters. The molecule has 0 radical (unpaired) electrons. The molecule has 0 aromatic heterocycles. The molecule has 0 saturated heterocycles. The molecule has 0 amide bonds. The Bertz CT molecular complexity index is 1010. The van der Waals surface area contributed by atoms with E-state index in [1.165, 1.54) is 33.0 Å². The quantitative estimate of drug-likeness (QED) is 0.461. The van der Waals surface area contributed by atoms with Crippen molar-refractivity contribution < 1.29 is 0 Å². The maximum Gasteiger partial charge on any atom is 0.0791 e. The normalized spacial score (nSPS) is 13.3. The van der Waals surface area contributed by atoms with Crippen LogP contribution < -0.4 is 10.6 Å². The zero-order chi connectivity index (χ0) is 13.8. The van der Waals surface area contributed by atoms with Gasteiger partial charge in [0.15, 0.2) is 0 Å². The first kappa shape index (κ1) is 11.0. The van der Waals surface area contributed by atoms with E-state index in [0.717, 1.165) is 17.5 Å². The Kier molecular flexibility index (Phi) is 2.06. The minimum Gasteiger partial charge on any atom is -0.247 e. The molecule has 98 valence electrons. The summed E-state index contributed by atoms with van der Waals surface area (Å²) in [6.45, 7) is 0. The van der Waals surface area contributed by atoms with Gasteiger partial charge < -0.3 is 0 Å². The highest BCUT2D eigenvalue weighted by molar-refractivity contribution is 5.83. The summed E-state index contributed by atoms with van der Waals surface area (Å²) < 4.78 is 0. The summed E-state index contributed by atoms with van der Waals surface area (Å²) in [5, 5.41) is 2.44. The predicted octanol–water partition coefficient (Wildman–Crippen LogP) is 3.62. The van der Waals surface area contributed by atoms with Crippen LogP contribution in [-0.2, 0) is 6.42 Å². The lowest BCUT2D eigenvalue weighted by atomic mass is 9.89. The number of fused-ring (bicyclic) bond motifs is 7. The minimum atomic E-state index is 0.992. The van der Waals surface area contributed by atoms with Gasteiger partial charge in [-0.05, 0) is 29.2 Å². The molecule has 1 nitrogen and oxygen atoms in total. The molecule has 21 heavy (non-hydrogen) atoms. The minimum absolute atomic E-state index is 0.992. The predicted molar refractivity (Wildman–Crippen MR) is 85.9 cm³/mol. The third-order valence-electron chi connectivity index (χ3n) is 4.48. The van der Waals surface area contributed by atoms with Crippen LogP contribution >= 0.6 is 0 Å². The van der Waals surface area contributed by atoms with E-state index in [9.17, 15) is 0 Å². The highest BCUT2D eigenvalue weighted by Gasteiger charge is 2.18. The van der Waals surface area contributed by atoms with Crippen LogP contribution in [0.2, 0.25) is 0 Å². The molecular formula is C20H13N. The topological polar surface area (TPSA) is 12.4 Å².